The van der Waals surface area contributed by atoms with Gasteiger partial charge in [-0.25, -0.2) is 4.39 Å². The van der Waals surface area contributed by atoms with Crippen molar-refractivity contribution in [2.45, 2.75) is 25.9 Å². The first-order valence-electron chi connectivity index (χ1n) is 8.63. The largest absolute Gasteiger partial charge is 0.486 e. The van der Waals surface area contributed by atoms with E-state index < -0.39 is 0 Å². The number of guanidine groups is 1. The summed E-state index contributed by atoms with van der Waals surface area (Å²) in [6.07, 6.45) is 1.39. The van der Waals surface area contributed by atoms with E-state index in [0.29, 0.717) is 32.1 Å². The van der Waals surface area contributed by atoms with Crippen LogP contribution >= 0.6 is 0 Å². The average Bonchev–Trinajstić information content (AvgIpc) is 3.06. The fourth-order valence-corrected chi connectivity index (χ4v) is 2.84. The molecule has 3 N–H and O–H groups in total. The second-order valence-corrected chi connectivity index (χ2v) is 6.44. The summed E-state index contributed by atoms with van der Waals surface area (Å²) in [5, 5.41) is 15.7. The van der Waals surface area contributed by atoms with Crippen molar-refractivity contribution in [3.05, 3.63) is 30.1 Å². The summed E-state index contributed by atoms with van der Waals surface area (Å²) >= 11 is 0. The number of benzene rings is 1. The molecule has 1 heterocycles. The lowest BCUT2D eigenvalue weighted by atomic mass is 9.84. The van der Waals surface area contributed by atoms with E-state index >= 15 is 0 Å². The molecule has 1 aromatic rings. The highest BCUT2D eigenvalue weighted by atomic mass is 19.1. The number of aliphatic imine (C=N–C) groups is 1. The third-order valence-electron chi connectivity index (χ3n) is 4.40. The van der Waals surface area contributed by atoms with Crippen molar-refractivity contribution in [2.75, 3.05) is 40.0 Å². The lowest BCUT2D eigenvalue weighted by Gasteiger charge is -2.28. The number of aliphatic hydroxyl groups excluding tert-OH is 1. The van der Waals surface area contributed by atoms with Gasteiger partial charge in [-0.1, -0.05) is 12.1 Å². The first kappa shape index (κ1) is 19.5. The molecule has 2 rings (SSSR count). The molecule has 0 spiro atoms. The number of nitrogens with one attached hydrogen (secondary N) is 2. The van der Waals surface area contributed by atoms with E-state index in [4.69, 9.17) is 9.47 Å². The Kier molecular flexibility index (Phi) is 7.46. The highest BCUT2D eigenvalue weighted by Crippen LogP contribution is 2.31. The molecule has 25 heavy (non-hydrogen) atoms. The van der Waals surface area contributed by atoms with E-state index in [1.54, 1.807) is 25.2 Å². The predicted octanol–water partition coefficient (Wildman–Crippen LogP) is 1.55. The maximum atomic E-state index is 13.6. The van der Waals surface area contributed by atoms with Crippen LogP contribution in [-0.2, 0) is 4.74 Å². The summed E-state index contributed by atoms with van der Waals surface area (Å²) in [6, 6.07) is 6.35. The van der Waals surface area contributed by atoms with Crippen LogP contribution in [0.25, 0.3) is 0 Å². The molecule has 7 heteroatoms. The Balaban J connectivity index is 1.79. The summed E-state index contributed by atoms with van der Waals surface area (Å²) in [5.41, 5.74) is -0.0539. The van der Waals surface area contributed by atoms with E-state index in [0.717, 1.165) is 13.0 Å². The number of hydrogen-bond donors (Lipinski definition) is 3. The molecule has 6 nitrogen and oxygen atoms in total. The molecule has 0 aromatic heterocycles. The number of aliphatic hydroxyl groups is 1. The van der Waals surface area contributed by atoms with Crippen molar-refractivity contribution < 1.29 is 19.0 Å². The Morgan fingerprint density at radius 3 is 2.88 bits per heavy atom. The molecule has 1 aromatic carbocycles. The van der Waals surface area contributed by atoms with E-state index in [2.05, 4.69) is 15.6 Å². The summed E-state index contributed by atoms with van der Waals surface area (Å²) < 4.78 is 24.7. The lowest BCUT2D eigenvalue weighted by Crippen LogP contribution is -2.46. The molecular formula is C18H28FN3O3. The molecule has 2 atom stereocenters. The van der Waals surface area contributed by atoms with E-state index in [9.17, 15) is 9.50 Å². The van der Waals surface area contributed by atoms with Gasteiger partial charge in [-0.3, -0.25) is 4.99 Å². The molecule has 0 bridgehead atoms. The predicted molar refractivity (Wildman–Crippen MR) is 95.4 cm³/mol. The Labute approximate surface area is 148 Å². The van der Waals surface area contributed by atoms with Gasteiger partial charge in [-0.2, -0.15) is 0 Å². The van der Waals surface area contributed by atoms with Gasteiger partial charge in [0.05, 0.1) is 13.2 Å². The SMILES string of the molecule is CN=C(NCC(C)Oc1ccccc1F)NCC1(CCO)CCOC1. The zero-order valence-corrected chi connectivity index (χ0v) is 14.9. The summed E-state index contributed by atoms with van der Waals surface area (Å²) in [4.78, 5) is 4.20. The van der Waals surface area contributed by atoms with Gasteiger partial charge in [0, 0.05) is 32.2 Å². The minimum Gasteiger partial charge on any atom is -0.486 e. The number of para-hydroxylation sites is 1. The Bertz CT molecular complexity index is 562. The van der Waals surface area contributed by atoms with Crippen molar-refractivity contribution >= 4 is 5.96 Å². The number of ether oxygens (including phenoxy) is 2. The second-order valence-electron chi connectivity index (χ2n) is 6.44. The van der Waals surface area contributed by atoms with Crippen LogP contribution in [0.4, 0.5) is 4.39 Å². The number of rotatable bonds is 8. The molecule has 1 saturated heterocycles. The Hall–Kier alpha value is -1.86. The van der Waals surface area contributed by atoms with Crippen LogP contribution in [0.15, 0.2) is 29.3 Å². The first-order valence-corrected chi connectivity index (χ1v) is 8.63. The standard InChI is InChI=1S/C18H28FN3O3/c1-14(25-16-6-4-3-5-15(16)19)11-21-17(20-2)22-12-18(7-9-23)8-10-24-13-18/h3-6,14,23H,7-13H2,1-2H3,(H2,20,21,22). The van der Waals surface area contributed by atoms with Crippen LogP contribution in [0.3, 0.4) is 0 Å². The van der Waals surface area contributed by atoms with Crippen LogP contribution in [-0.4, -0.2) is 57.1 Å². The zero-order valence-electron chi connectivity index (χ0n) is 14.9. The quantitative estimate of drug-likeness (QED) is 0.488. The number of halogens is 1. The van der Waals surface area contributed by atoms with Gasteiger partial charge in [-0.15, -0.1) is 0 Å². The molecule has 140 valence electrons. The van der Waals surface area contributed by atoms with Crippen LogP contribution in [0.5, 0.6) is 5.75 Å². The van der Waals surface area contributed by atoms with Gasteiger partial charge < -0.3 is 25.2 Å². The molecule has 0 aliphatic carbocycles. The van der Waals surface area contributed by atoms with Gasteiger partial charge >= 0.3 is 0 Å². The van der Waals surface area contributed by atoms with E-state index in [-0.39, 0.29) is 29.7 Å². The van der Waals surface area contributed by atoms with Gasteiger partial charge in [0.1, 0.15) is 6.10 Å². The third-order valence-corrected chi connectivity index (χ3v) is 4.40. The summed E-state index contributed by atoms with van der Waals surface area (Å²) in [7, 11) is 1.70. The van der Waals surface area contributed by atoms with Gasteiger partial charge in [0.2, 0.25) is 0 Å². The van der Waals surface area contributed by atoms with Gasteiger partial charge in [0.25, 0.3) is 0 Å². The Morgan fingerprint density at radius 1 is 1.44 bits per heavy atom. The highest BCUT2D eigenvalue weighted by molar-refractivity contribution is 5.79. The van der Waals surface area contributed by atoms with Crippen LogP contribution < -0.4 is 15.4 Å². The molecule has 2 unspecified atom stereocenters. The third kappa shape index (κ3) is 5.86. The molecular weight excluding hydrogens is 325 g/mol. The first-order chi connectivity index (χ1) is 12.1. The van der Waals surface area contributed by atoms with Crippen molar-refractivity contribution in [1.82, 2.24) is 10.6 Å². The molecule has 1 aliphatic rings. The zero-order chi connectivity index (χ0) is 18.1. The minimum absolute atomic E-state index is 0.0539. The maximum Gasteiger partial charge on any atom is 0.191 e. The second kappa shape index (κ2) is 9.58. The fourth-order valence-electron chi connectivity index (χ4n) is 2.84. The Morgan fingerprint density at radius 2 is 2.24 bits per heavy atom. The van der Waals surface area contributed by atoms with Crippen molar-refractivity contribution in [1.29, 1.82) is 0 Å². The summed E-state index contributed by atoms with van der Waals surface area (Å²) in [5.74, 6) is 0.516. The summed E-state index contributed by atoms with van der Waals surface area (Å²) in [6.45, 7) is 4.54. The van der Waals surface area contributed by atoms with Gasteiger partial charge in [-0.05, 0) is 31.9 Å². The van der Waals surface area contributed by atoms with Crippen molar-refractivity contribution in [3.63, 3.8) is 0 Å². The monoisotopic (exact) mass is 353 g/mol. The molecule has 0 amide bonds. The normalized spacial score (nSPS) is 21.8. The molecule has 1 aliphatic heterocycles. The maximum absolute atomic E-state index is 13.6. The van der Waals surface area contributed by atoms with Crippen LogP contribution in [0.1, 0.15) is 19.8 Å². The highest BCUT2D eigenvalue weighted by Gasteiger charge is 2.34. The average molecular weight is 353 g/mol. The van der Waals surface area contributed by atoms with Crippen molar-refractivity contribution in [3.8, 4) is 5.75 Å². The van der Waals surface area contributed by atoms with Crippen molar-refractivity contribution in [2.24, 2.45) is 10.4 Å². The van der Waals surface area contributed by atoms with Crippen LogP contribution in [0, 0.1) is 11.2 Å². The minimum atomic E-state index is -0.371. The molecule has 0 saturated carbocycles. The number of hydrogen-bond acceptors (Lipinski definition) is 4. The smallest absolute Gasteiger partial charge is 0.191 e. The fraction of sp³-hybridized carbons (Fsp3) is 0.611. The topological polar surface area (TPSA) is 75.1 Å². The molecule has 1 fully saturated rings. The lowest BCUT2D eigenvalue weighted by molar-refractivity contribution is 0.127. The van der Waals surface area contributed by atoms with Gasteiger partial charge in [0.15, 0.2) is 17.5 Å². The molecule has 0 radical (unpaired) electrons. The number of nitrogens with zero attached hydrogens (tertiary/aromatic N) is 1. The van der Waals surface area contributed by atoms with E-state index in [1.165, 1.54) is 6.07 Å². The van der Waals surface area contributed by atoms with E-state index in [1.807, 2.05) is 6.92 Å². The van der Waals surface area contributed by atoms with Crippen LogP contribution in [0.2, 0.25) is 0 Å².